The fourth-order valence-electron chi connectivity index (χ4n) is 9.33. The number of aliphatic hydroxyl groups excluding tert-OH is 3. The second-order valence-electron chi connectivity index (χ2n) is 12.9. The molecule has 0 aromatic rings. The third-order valence-electron chi connectivity index (χ3n) is 11.2. The monoisotopic (exact) mass is 493 g/mol. The predicted octanol–water partition coefficient (Wildman–Crippen LogP) is 3.35. The highest BCUT2D eigenvalue weighted by Crippen LogP contribution is 2.68. The lowest BCUT2D eigenvalue weighted by atomic mass is 9.43. The fraction of sp³-hybridized carbons (Fsp3) is 0.929. The molecule has 4 saturated carbocycles. The molecule has 0 heterocycles. The fourth-order valence-corrected chi connectivity index (χ4v) is 9.33. The Kier molecular flexibility index (Phi) is 7.90. The zero-order valence-corrected chi connectivity index (χ0v) is 21.8. The Morgan fingerprint density at radius 3 is 2.31 bits per heavy atom. The van der Waals surface area contributed by atoms with E-state index in [4.69, 9.17) is 5.11 Å². The maximum atomic E-state index is 12.3. The van der Waals surface area contributed by atoms with Gasteiger partial charge in [-0.25, -0.2) is 0 Å². The van der Waals surface area contributed by atoms with E-state index in [0.29, 0.717) is 49.5 Å². The van der Waals surface area contributed by atoms with E-state index in [2.05, 4.69) is 26.1 Å². The number of carbonyl (C=O) groups is 2. The predicted molar refractivity (Wildman–Crippen MR) is 132 cm³/mol. The molecule has 0 aliphatic heterocycles. The molecule has 4 rings (SSSR count). The highest BCUT2D eigenvalue weighted by atomic mass is 16.4. The molecule has 7 heteroatoms. The van der Waals surface area contributed by atoms with Gasteiger partial charge in [-0.05, 0) is 104 Å². The molecule has 0 bridgehead atoms. The Morgan fingerprint density at radius 1 is 0.914 bits per heavy atom. The SMILES string of the molecule is C[C@@H](CCC(=O)NCCCC(=O)O)[C@@H]1CC[C@@H]2[C@H]3[C@@H](O)[C@@H](O)[C@H]4C[C@@H](O)CC[C@@]4(C)[C@@H]3CC[C@]21C. The summed E-state index contributed by atoms with van der Waals surface area (Å²) in [5.74, 6) is 0.895. The van der Waals surface area contributed by atoms with Crippen LogP contribution in [-0.4, -0.2) is 57.2 Å². The molecule has 0 spiro atoms. The number of aliphatic hydroxyl groups is 3. The first kappa shape index (κ1) is 26.9. The number of nitrogens with one attached hydrogen (secondary N) is 1. The van der Waals surface area contributed by atoms with Gasteiger partial charge in [0.2, 0.25) is 5.91 Å². The lowest BCUT2D eigenvalue weighted by Crippen LogP contribution is -2.64. The number of carbonyl (C=O) groups excluding carboxylic acids is 1. The van der Waals surface area contributed by atoms with Crippen molar-refractivity contribution in [1.29, 1.82) is 0 Å². The maximum absolute atomic E-state index is 12.3. The van der Waals surface area contributed by atoms with Crippen LogP contribution < -0.4 is 5.32 Å². The molecule has 0 aromatic carbocycles. The maximum Gasteiger partial charge on any atom is 0.303 e. The van der Waals surface area contributed by atoms with Crippen molar-refractivity contribution in [1.82, 2.24) is 5.32 Å². The van der Waals surface area contributed by atoms with Gasteiger partial charge in [-0.3, -0.25) is 9.59 Å². The average Bonchev–Trinajstić information content (AvgIpc) is 3.16. The number of carboxylic acids is 1. The molecule has 0 radical (unpaired) electrons. The Bertz CT molecular complexity index is 789. The van der Waals surface area contributed by atoms with Gasteiger partial charge < -0.3 is 25.7 Å². The number of amides is 1. The molecule has 200 valence electrons. The molecule has 1 amide bonds. The van der Waals surface area contributed by atoms with Crippen LogP contribution in [0.1, 0.15) is 91.4 Å². The topological polar surface area (TPSA) is 127 Å². The van der Waals surface area contributed by atoms with Gasteiger partial charge in [0.1, 0.15) is 0 Å². The molecule has 0 unspecified atom stereocenters. The van der Waals surface area contributed by atoms with E-state index < -0.39 is 18.2 Å². The lowest BCUT2D eigenvalue weighted by molar-refractivity contribution is -0.223. The molecule has 11 atom stereocenters. The van der Waals surface area contributed by atoms with Gasteiger partial charge in [0.15, 0.2) is 0 Å². The van der Waals surface area contributed by atoms with Crippen LogP contribution in [-0.2, 0) is 9.59 Å². The molecule has 5 N–H and O–H groups in total. The van der Waals surface area contributed by atoms with E-state index in [-0.39, 0.29) is 41.1 Å². The summed E-state index contributed by atoms with van der Waals surface area (Å²) in [6, 6.07) is 0. The van der Waals surface area contributed by atoms with Gasteiger partial charge in [-0.2, -0.15) is 0 Å². The summed E-state index contributed by atoms with van der Waals surface area (Å²) in [7, 11) is 0. The van der Waals surface area contributed by atoms with Gasteiger partial charge in [0.25, 0.3) is 0 Å². The number of aliphatic carboxylic acids is 1. The molecular formula is C28H47NO6. The van der Waals surface area contributed by atoms with E-state index in [1.165, 1.54) is 0 Å². The molecule has 35 heavy (non-hydrogen) atoms. The zero-order valence-electron chi connectivity index (χ0n) is 21.8. The summed E-state index contributed by atoms with van der Waals surface area (Å²) in [5, 5.41) is 44.4. The Balaban J connectivity index is 1.40. The van der Waals surface area contributed by atoms with Crippen molar-refractivity contribution in [2.24, 2.45) is 46.3 Å². The van der Waals surface area contributed by atoms with Crippen molar-refractivity contribution in [3.05, 3.63) is 0 Å². The Hall–Kier alpha value is -1.18. The number of hydrogen-bond donors (Lipinski definition) is 5. The smallest absolute Gasteiger partial charge is 0.303 e. The second kappa shape index (κ2) is 10.3. The van der Waals surface area contributed by atoms with E-state index in [1.807, 2.05) is 0 Å². The summed E-state index contributed by atoms with van der Waals surface area (Å²) in [6.07, 6.45) is 6.62. The van der Waals surface area contributed by atoms with Crippen LogP contribution in [0.4, 0.5) is 0 Å². The van der Waals surface area contributed by atoms with E-state index in [1.54, 1.807) is 0 Å². The van der Waals surface area contributed by atoms with Crippen LogP contribution >= 0.6 is 0 Å². The number of rotatable bonds is 8. The molecular weight excluding hydrogens is 446 g/mol. The average molecular weight is 494 g/mol. The number of carboxylic acid groups (broad SMARTS) is 1. The largest absolute Gasteiger partial charge is 0.481 e. The third-order valence-corrected chi connectivity index (χ3v) is 11.2. The van der Waals surface area contributed by atoms with Crippen LogP contribution in [0, 0.1) is 46.3 Å². The number of hydrogen-bond acceptors (Lipinski definition) is 5. The van der Waals surface area contributed by atoms with Crippen LogP contribution in [0.2, 0.25) is 0 Å². The van der Waals surface area contributed by atoms with Crippen molar-refractivity contribution in [2.75, 3.05) is 6.54 Å². The first-order valence-electron chi connectivity index (χ1n) is 14.0. The lowest BCUT2D eigenvalue weighted by Gasteiger charge is -2.63. The normalized spacial score (nSPS) is 45.7. The van der Waals surface area contributed by atoms with Crippen molar-refractivity contribution >= 4 is 11.9 Å². The highest BCUT2D eigenvalue weighted by molar-refractivity contribution is 5.75. The molecule has 4 aliphatic carbocycles. The van der Waals surface area contributed by atoms with E-state index >= 15 is 0 Å². The Labute approximate surface area is 210 Å². The summed E-state index contributed by atoms with van der Waals surface area (Å²) in [6.45, 7) is 7.37. The van der Waals surface area contributed by atoms with Gasteiger partial charge in [0, 0.05) is 19.4 Å². The van der Waals surface area contributed by atoms with Crippen LogP contribution in [0.5, 0.6) is 0 Å². The first-order chi connectivity index (χ1) is 16.5. The number of fused-ring (bicyclic) bond motifs is 5. The molecule has 0 aromatic heterocycles. The van der Waals surface area contributed by atoms with Crippen molar-refractivity contribution in [2.45, 2.75) is 110 Å². The van der Waals surface area contributed by atoms with Gasteiger partial charge in [-0.15, -0.1) is 0 Å². The second-order valence-corrected chi connectivity index (χ2v) is 12.9. The van der Waals surface area contributed by atoms with Gasteiger partial charge in [-0.1, -0.05) is 20.8 Å². The minimum absolute atomic E-state index is 0.00470. The highest BCUT2D eigenvalue weighted by Gasteiger charge is 2.65. The quantitative estimate of drug-likeness (QED) is 0.330. The minimum Gasteiger partial charge on any atom is -0.481 e. The van der Waals surface area contributed by atoms with E-state index in [9.17, 15) is 24.9 Å². The standard InChI is InChI=1S/C28H47NO6/c1-16(6-9-22(31)29-14-4-5-23(32)33)18-7-8-19-24-20(11-13-27(18,19)2)28(3)12-10-17(30)15-21(28)25(34)26(24)35/h16-21,24-26,30,34-35H,4-15H2,1-3H3,(H,29,31)(H,32,33)/t16-,17-,18-,19+,20+,21+,24+,25-,26+,27-,28-/m0/s1. The molecule has 4 fully saturated rings. The first-order valence-corrected chi connectivity index (χ1v) is 14.0. The molecule has 0 saturated heterocycles. The van der Waals surface area contributed by atoms with Gasteiger partial charge >= 0.3 is 5.97 Å². The Morgan fingerprint density at radius 2 is 1.60 bits per heavy atom. The summed E-state index contributed by atoms with van der Waals surface area (Å²) in [4.78, 5) is 22.9. The van der Waals surface area contributed by atoms with Crippen LogP contribution in [0.15, 0.2) is 0 Å². The van der Waals surface area contributed by atoms with Gasteiger partial charge in [0.05, 0.1) is 18.3 Å². The summed E-state index contributed by atoms with van der Waals surface area (Å²) in [5.41, 5.74) is 0.0862. The van der Waals surface area contributed by atoms with Crippen molar-refractivity contribution in [3.63, 3.8) is 0 Å². The third kappa shape index (κ3) is 4.89. The molecule has 7 nitrogen and oxygen atoms in total. The van der Waals surface area contributed by atoms with Crippen molar-refractivity contribution in [3.8, 4) is 0 Å². The van der Waals surface area contributed by atoms with E-state index in [0.717, 1.165) is 44.9 Å². The van der Waals surface area contributed by atoms with Crippen LogP contribution in [0.25, 0.3) is 0 Å². The minimum atomic E-state index is -0.840. The van der Waals surface area contributed by atoms with Crippen molar-refractivity contribution < 1.29 is 30.0 Å². The van der Waals surface area contributed by atoms with Crippen LogP contribution in [0.3, 0.4) is 0 Å². The zero-order chi connectivity index (χ0) is 25.5. The summed E-state index contributed by atoms with van der Waals surface area (Å²) >= 11 is 0. The molecule has 4 aliphatic rings. The summed E-state index contributed by atoms with van der Waals surface area (Å²) < 4.78 is 0.